The number of aromatic nitrogens is 1. The summed E-state index contributed by atoms with van der Waals surface area (Å²) in [6.45, 7) is 4.62. The van der Waals surface area contributed by atoms with Gasteiger partial charge in [0.15, 0.2) is 0 Å². The first kappa shape index (κ1) is 14.2. The molecule has 1 aromatic heterocycles. The molecule has 4 unspecified atom stereocenters. The van der Waals surface area contributed by atoms with E-state index >= 15 is 0 Å². The van der Waals surface area contributed by atoms with Gasteiger partial charge in [0.25, 0.3) is 0 Å². The van der Waals surface area contributed by atoms with E-state index in [0.29, 0.717) is 10.5 Å². The van der Waals surface area contributed by atoms with Crippen LogP contribution >= 0.6 is 23.5 Å². The maximum Gasteiger partial charge on any atom is 0.0705 e. The zero-order valence-electron chi connectivity index (χ0n) is 11.8. The molecular formula is C16H20N2S2. The number of benzene rings is 1. The Kier molecular flexibility index (Phi) is 4.24. The molecule has 0 radical (unpaired) electrons. The van der Waals surface area contributed by atoms with Gasteiger partial charge in [-0.3, -0.25) is 4.98 Å². The Hall–Kier alpha value is -0.710. The Bertz CT molecular complexity index is 597. The van der Waals surface area contributed by atoms with Gasteiger partial charge in [0, 0.05) is 39.1 Å². The van der Waals surface area contributed by atoms with Crippen molar-refractivity contribution in [1.82, 2.24) is 4.98 Å². The highest BCUT2D eigenvalue weighted by Crippen LogP contribution is 2.41. The van der Waals surface area contributed by atoms with Crippen molar-refractivity contribution < 1.29 is 0 Å². The molecule has 4 atom stereocenters. The van der Waals surface area contributed by atoms with Crippen LogP contribution in [0.1, 0.15) is 25.5 Å². The van der Waals surface area contributed by atoms with Gasteiger partial charge in [0.05, 0.1) is 5.52 Å². The molecule has 1 aromatic carbocycles. The van der Waals surface area contributed by atoms with Crippen molar-refractivity contribution in [3.05, 3.63) is 42.1 Å². The van der Waals surface area contributed by atoms with Crippen LogP contribution in [0.25, 0.3) is 10.9 Å². The zero-order chi connectivity index (χ0) is 14.1. The molecule has 2 heterocycles. The van der Waals surface area contributed by atoms with Gasteiger partial charge >= 0.3 is 0 Å². The predicted octanol–water partition coefficient (Wildman–Crippen LogP) is 3.86. The van der Waals surface area contributed by atoms with Gasteiger partial charge in [-0.25, -0.2) is 0 Å². The smallest absolute Gasteiger partial charge is 0.0705 e. The predicted molar refractivity (Wildman–Crippen MR) is 91.4 cm³/mol. The second kappa shape index (κ2) is 5.96. The summed E-state index contributed by atoms with van der Waals surface area (Å²) in [5.41, 5.74) is 8.85. The summed E-state index contributed by atoms with van der Waals surface area (Å²) in [4.78, 5) is 4.43. The summed E-state index contributed by atoms with van der Waals surface area (Å²) in [6, 6.07) is 10.5. The highest BCUT2D eigenvalue weighted by atomic mass is 32.2. The molecule has 0 spiro atoms. The molecule has 2 aromatic rings. The molecular weight excluding hydrogens is 284 g/mol. The van der Waals surface area contributed by atoms with E-state index in [-0.39, 0.29) is 6.04 Å². The first-order chi connectivity index (χ1) is 9.66. The number of hydrogen-bond acceptors (Lipinski definition) is 4. The molecule has 0 bridgehead atoms. The van der Waals surface area contributed by atoms with E-state index in [2.05, 4.69) is 43.1 Å². The second-order valence-electron chi connectivity index (χ2n) is 5.36. The third kappa shape index (κ3) is 2.69. The fourth-order valence-corrected chi connectivity index (χ4v) is 5.65. The third-order valence-electron chi connectivity index (χ3n) is 4.01. The summed E-state index contributed by atoms with van der Waals surface area (Å²) in [6.07, 6.45) is 1.84. The van der Waals surface area contributed by atoms with Crippen LogP contribution in [0.4, 0.5) is 0 Å². The number of pyridine rings is 1. The summed E-state index contributed by atoms with van der Waals surface area (Å²) >= 11 is 4.09. The van der Waals surface area contributed by atoms with E-state index in [0.717, 1.165) is 16.5 Å². The molecule has 1 aliphatic heterocycles. The molecule has 2 N–H and O–H groups in total. The van der Waals surface area contributed by atoms with Gasteiger partial charge in [-0.1, -0.05) is 32.0 Å². The largest absolute Gasteiger partial charge is 0.323 e. The average Bonchev–Trinajstić information content (AvgIpc) is 2.49. The van der Waals surface area contributed by atoms with Crippen molar-refractivity contribution in [3.63, 3.8) is 0 Å². The monoisotopic (exact) mass is 304 g/mol. The summed E-state index contributed by atoms with van der Waals surface area (Å²) in [7, 11) is 0. The third-order valence-corrected chi connectivity index (χ3v) is 7.53. The second-order valence-corrected chi connectivity index (χ2v) is 8.39. The molecule has 1 fully saturated rings. The lowest BCUT2D eigenvalue weighted by Gasteiger charge is -2.34. The van der Waals surface area contributed by atoms with Crippen molar-refractivity contribution in [2.75, 3.05) is 5.75 Å². The van der Waals surface area contributed by atoms with Crippen molar-refractivity contribution >= 4 is 34.4 Å². The van der Waals surface area contributed by atoms with Crippen LogP contribution in [0.5, 0.6) is 0 Å². The Balaban J connectivity index is 1.91. The molecule has 20 heavy (non-hydrogen) atoms. The molecule has 1 saturated heterocycles. The Labute approximate surface area is 128 Å². The van der Waals surface area contributed by atoms with Gasteiger partial charge < -0.3 is 5.73 Å². The lowest BCUT2D eigenvalue weighted by molar-refractivity contribution is 0.713. The number of rotatable bonds is 2. The van der Waals surface area contributed by atoms with Gasteiger partial charge in [-0.2, -0.15) is 23.5 Å². The number of nitrogens with two attached hydrogens (primary N) is 1. The molecule has 4 heteroatoms. The summed E-state index contributed by atoms with van der Waals surface area (Å²) < 4.78 is 0. The number of thioether (sulfide) groups is 2. The van der Waals surface area contributed by atoms with Gasteiger partial charge in [0.2, 0.25) is 0 Å². The van der Waals surface area contributed by atoms with Crippen molar-refractivity contribution in [3.8, 4) is 0 Å². The molecule has 0 aliphatic carbocycles. The Morgan fingerprint density at radius 2 is 2.05 bits per heavy atom. The maximum absolute atomic E-state index is 6.58. The number of nitrogens with zero attached hydrogens (tertiary/aromatic N) is 1. The molecule has 106 valence electrons. The van der Waals surface area contributed by atoms with Crippen LogP contribution < -0.4 is 5.73 Å². The van der Waals surface area contributed by atoms with Crippen LogP contribution in [0, 0.1) is 0 Å². The zero-order valence-corrected chi connectivity index (χ0v) is 13.5. The molecule has 2 nitrogen and oxygen atoms in total. The summed E-state index contributed by atoms with van der Waals surface area (Å²) in [5, 5.41) is 3.06. The van der Waals surface area contributed by atoms with E-state index in [1.807, 2.05) is 35.8 Å². The highest BCUT2D eigenvalue weighted by Gasteiger charge is 2.30. The molecule has 0 amide bonds. The molecule has 3 rings (SSSR count). The van der Waals surface area contributed by atoms with Gasteiger partial charge in [-0.15, -0.1) is 0 Å². The summed E-state index contributed by atoms with van der Waals surface area (Å²) in [5.74, 6) is 1.13. The van der Waals surface area contributed by atoms with E-state index in [1.165, 1.54) is 10.9 Å². The number of hydrogen-bond donors (Lipinski definition) is 1. The minimum Gasteiger partial charge on any atom is -0.323 e. The van der Waals surface area contributed by atoms with Crippen LogP contribution in [0.15, 0.2) is 36.5 Å². The van der Waals surface area contributed by atoms with Crippen LogP contribution in [0.2, 0.25) is 0 Å². The van der Waals surface area contributed by atoms with E-state index in [1.54, 1.807) is 0 Å². The quantitative estimate of drug-likeness (QED) is 0.914. The Morgan fingerprint density at radius 3 is 2.85 bits per heavy atom. The maximum atomic E-state index is 6.58. The standard InChI is InChI=1S/C16H20N2S2/c1-10-11(2)20-15(9-19-10)16(17)13-5-3-7-14-12(13)6-4-8-18-14/h3-8,10-11,15-16H,9,17H2,1-2H3. The first-order valence-corrected chi connectivity index (χ1v) is 9.02. The van der Waals surface area contributed by atoms with E-state index < -0.39 is 0 Å². The van der Waals surface area contributed by atoms with E-state index in [4.69, 9.17) is 5.73 Å². The molecule has 0 saturated carbocycles. The normalized spacial score (nSPS) is 28.4. The number of fused-ring (bicyclic) bond motifs is 1. The van der Waals surface area contributed by atoms with Crippen molar-refractivity contribution in [1.29, 1.82) is 0 Å². The van der Waals surface area contributed by atoms with Crippen LogP contribution in [-0.2, 0) is 0 Å². The van der Waals surface area contributed by atoms with Gasteiger partial charge in [-0.05, 0) is 17.7 Å². The van der Waals surface area contributed by atoms with Crippen molar-refractivity contribution in [2.24, 2.45) is 5.73 Å². The minimum atomic E-state index is 0.0790. The first-order valence-electron chi connectivity index (χ1n) is 7.03. The van der Waals surface area contributed by atoms with Gasteiger partial charge in [0.1, 0.15) is 0 Å². The van der Waals surface area contributed by atoms with Crippen LogP contribution in [0.3, 0.4) is 0 Å². The topological polar surface area (TPSA) is 38.9 Å². The SMILES string of the molecule is CC1SCC(C(N)c2cccc3ncccc23)SC1C. The molecule has 1 aliphatic rings. The average molecular weight is 304 g/mol. The Morgan fingerprint density at radius 1 is 1.20 bits per heavy atom. The fraction of sp³-hybridized carbons (Fsp3) is 0.438. The lowest BCUT2D eigenvalue weighted by Crippen LogP contribution is -2.34. The van der Waals surface area contributed by atoms with E-state index in [9.17, 15) is 0 Å². The minimum absolute atomic E-state index is 0.0790. The lowest BCUT2D eigenvalue weighted by atomic mass is 10.00. The highest BCUT2D eigenvalue weighted by molar-refractivity contribution is 8.07. The van der Waals surface area contributed by atoms with Crippen LogP contribution in [-0.4, -0.2) is 26.5 Å². The van der Waals surface area contributed by atoms with Crippen molar-refractivity contribution in [2.45, 2.75) is 35.6 Å². The fourth-order valence-electron chi connectivity index (χ4n) is 2.61.